The largest absolute Gasteiger partial charge is 0.359 e. The van der Waals surface area contributed by atoms with Gasteiger partial charge in [0.1, 0.15) is 49.0 Å². The minimum atomic E-state index is -1.46. The van der Waals surface area contributed by atoms with Crippen molar-refractivity contribution >= 4 is 93.5 Å². The second-order valence-corrected chi connectivity index (χ2v) is 35.4. The fourth-order valence-corrected chi connectivity index (χ4v) is 21.0. The van der Waals surface area contributed by atoms with Crippen molar-refractivity contribution < 1.29 is 0 Å². The first kappa shape index (κ1) is 76.2. The Morgan fingerprint density at radius 1 is 0.333 bits per heavy atom. The van der Waals surface area contributed by atoms with Crippen molar-refractivity contribution in [2.45, 2.75) is 78.5 Å². The second kappa shape index (κ2) is 34.0. The molecule has 13 aromatic rings. The highest BCUT2D eigenvalue weighted by atomic mass is 31.2. The lowest BCUT2D eigenvalue weighted by molar-refractivity contribution is 0.378. The Morgan fingerprint density at radius 2 is 0.741 bits per heavy atom. The summed E-state index contributed by atoms with van der Waals surface area (Å²) in [6.07, 6.45) is 19.8. The maximum Gasteiger partial charge on any atom is 0.229 e. The lowest BCUT2D eigenvalue weighted by Crippen LogP contribution is -2.36. The third-order valence-electron chi connectivity index (χ3n) is 21.3. The summed E-state index contributed by atoms with van der Waals surface area (Å²) >= 11 is 0. The number of anilines is 10. The molecule has 20 nitrogen and oxygen atoms in total. The van der Waals surface area contributed by atoms with Gasteiger partial charge in [0.25, 0.3) is 0 Å². The van der Waals surface area contributed by atoms with E-state index in [-0.39, 0.29) is 12.3 Å². The van der Waals surface area contributed by atoms with Crippen molar-refractivity contribution in [2.75, 3.05) is 75.8 Å². The number of fused-ring (bicyclic) bond motifs is 3. The van der Waals surface area contributed by atoms with Gasteiger partial charge in [-0.25, -0.2) is 14.3 Å². The molecule has 6 aromatic heterocycles. The van der Waals surface area contributed by atoms with Crippen LogP contribution in [0.2, 0.25) is 0 Å². The van der Waals surface area contributed by atoms with E-state index in [0.29, 0.717) is 12.3 Å². The van der Waals surface area contributed by atoms with Gasteiger partial charge in [-0.3, -0.25) is 29.0 Å². The van der Waals surface area contributed by atoms with Gasteiger partial charge in [0.15, 0.2) is 5.82 Å². The number of rotatable bonds is 12. The Labute approximate surface area is 639 Å². The highest BCUT2D eigenvalue weighted by Crippen LogP contribution is 2.57. The summed E-state index contributed by atoms with van der Waals surface area (Å²) < 4.78 is 7.34. The summed E-state index contributed by atoms with van der Waals surface area (Å²) in [5, 5.41) is 22.5. The molecule has 0 fully saturated rings. The number of pyridine rings is 2. The number of hydrogen-bond donors (Lipinski definition) is 0. The van der Waals surface area contributed by atoms with E-state index in [9.17, 15) is 0 Å². The first-order valence-electron chi connectivity index (χ1n) is 36.6. The Balaban J connectivity index is 0.000000122. The Hall–Kier alpha value is -11.5. The van der Waals surface area contributed by atoms with Crippen molar-refractivity contribution in [3.8, 4) is 0 Å². The maximum absolute atomic E-state index is 4.48. The van der Waals surface area contributed by atoms with Crippen molar-refractivity contribution in [1.29, 1.82) is 0 Å². The number of benzene rings is 7. The smallest absolute Gasteiger partial charge is 0.229 e. The second-order valence-electron chi connectivity index (χ2n) is 27.9. The number of aromatic nitrogens is 12. The Kier molecular flexibility index (Phi) is 24.0. The van der Waals surface area contributed by atoms with E-state index in [0.717, 1.165) is 47.4 Å². The minimum absolute atomic E-state index is 0.246. The molecule has 4 aliphatic rings. The average molecular weight is 1480 g/mol. The van der Waals surface area contributed by atoms with Crippen LogP contribution in [0.1, 0.15) is 49.9 Å². The van der Waals surface area contributed by atoms with Crippen LogP contribution in [0.4, 0.5) is 57.8 Å². The summed E-state index contributed by atoms with van der Waals surface area (Å²) in [6, 6.07) is 79.7. The lowest BCUT2D eigenvalue weighted by atomic mass is 10.1. The Morgan fingerprint density at radius 3 is 1.19 bits per heavy atom. The van der Waals surface area contributed by atoms with Crippen LogP contribution in [0.5, 0.6) is 0 Å². The highest BCUT2D eigenvalue weighted by Gasteiger charge is 2.41. The SMILES string of the molecule is C[C@H]1N(C)C=CN1c1ncnn1C.C[C@H]1N(C)c2ccccc2N1c1ccnn1C.C[C@H]1N(C)c2ccccc2N1c1ncnn1C.C[C@H]1N(C)c2cccnc2N1c1ccnn1C.Cc1ccccc1C[P+](C)(c1ccccc1)c1ccccc1.Cc1ccncc1C[P+](C)(c1ccccc1)c1ccccc1. The third kappa shape index (κ3) is 16.1. The molecule has 0 radical (unpaired) electrons. The summed E-state index contributed by atoms with van der Waals surface area (Å²) in [7, 11) is 13.2. The molecule has 10 heterocycles. The van der Waals surface area contributed by atoms with E-state index >= 15 is 0 Å². The molecule has 0 unspecified atom stereocenters. The molecule has 22 heteroatoms. The van der Waals surface area contributed by atoms with Crippen molar-refractivity contribution in [2.24, 2.45) is 28.2 Å². The molecule has 7 aromatic carbocycles. The summed E-state index contributed by atoms with van der Waals surface area (Å²) in [5.74, 6) is 4.91. The molecular formula is C86H102N20P2+2. The van der Waals surface area contributed by atoms with Crippen LogP contribution in [0, 0.1) is 13.8 Å². The standard InChI is InChI=1S/C21H22P.C20H21NP.C13H16N4.2C12H15N5.C8H13N5/c1-18-11-9-10-12-19(18)17-22(2,20-13-5-3-6-14-20)21-15-7-4-8-16-21;1-17-13-14-21-15-18(17)16-22(2,19-9-5-3-6-10-19)20-11-7-4-8-12-20;1-10-15(2)11-6-4-5-7-12(11)17(10)13-8-9-14-16(13)3;1-9-15(2)10-5-4-7-13-12(10)17(9)11-6-8-14-16(11)3;1-9-15(2)10-6-4-5-7-11(10)17(9)12-13-8-14-16(12)3;1-7-11(2)4-5-13(7)8-9-6-10-12(8)3/h3-16H,17H2,1-2H3;3-15H,16H2,1-2H3;4-10H,1-3H3;2*4-9H,1-3H3;4-7H,1-3H3/q2*+1;;;;/t;;10-;2*9-;7-/m..0000/s1. The van der Waals surface area contributed by atoms with Gasteiger partial charge in [-0.2, -0.15) is 30.4 Å². The quantitative estimate of drug-likeness (QED) is 0.107. The molecule has 0 bridgehead atoms. The number of nitrogens with zero attached hydrogens (tertiary/aromatic N) is 20. The van der Waals surface area contributed by atoms with Crippen molar-refractivity contribution in [3.63, 3.8) is 0 Å². The van der Waals surface area contributed by atoms with Gasteiger partial charge in [-0.05, 0) is 149 Å². The molecule has 554 valence electrons. The van der Waals surface area contributed by atoms with Crippen molar-refractivity contribution in [1.82, 2.24) is 64.0 Å². The van der Waals surface area contributed by atoms with Gasteiger partial charge >= 0.3 is 0 Å². The molecule has 0 aliphatic carbocycles. The van der Waals surface area contributed by atoms with Crippen LogP contribution in [0.15, 0.2) is 280 Å². The highest BCUT2D eigenvalue weighted by molar-refractivity contribution is 7.88. The van der Waals surface area contributed by atoms with E-state index in [1.54, 1.807) is 22.0 Å². The van der Waals surface area contributed by atoms with E-state index in [1.807, 2.05) is 112 Å². The fourth-order valence-electron chi connectivity index (χ4n) is 14.3. The maximum atomic E-state index is 4.48. The normalized spacial score (nSPS) is 16.0. The van der Waals surface area contributed by atoms with E-state index < -0.39 is 14.5 Å². The predicted molar refractivity (Wildman–Crippen MR) is 452 cm³/mol. The average Bonchev–Trinajstić information content (AvgIpc) is 1.23. The van der Waals surface area contributed by atoms with Crippen LogP contribution < -0.4 is 55.5 Å². The van der Waals surface area contributed by atoms with Crippen LogP contribution in [0.25, 0.3) is 0 Å². The molecule has 0 saturated heterocycles. The monoisotopic (exact) mass is 1480 g/mol. The molecular weight excluding hydrogens is 1380 g/mol. The zero-order chi connectivity index (χ0) is 76.2. The number of hydrogen-bond acceptors (Lipinski definition) is 16. The zero-order valence-electron chi connectivity index (χ0n) is 65.1. The summed E-state index contributed by atoms with van der Waals surface area (Å²) in [6.45, 7) is 17.9. The molecule has 4 aliphatic heterocycles. The molecule has 0 spiro atoms. The topological polar surface area (TPSA) is 149 Å². The first-order chi connectivity index (χ1) is 52.2. The number of para-hydroxylation sites is 4. The Bertz CT molecular complexity index is 4610. The van der Waals surface area contributed by atoms with Gasteiger partial charge in [0.2, 0.25) is 11.9 Å². The summed E-state index contributed by atoms with van der Waals surface area (Å²) in [5.41, 5.74) is 11.6. The predicted octanol–water partition coefficient (Wildman–Crippen LogP) is 15.2. The summed E-state index contributed by atoms with van der Waals surface area (Å²) in [4.78, 5) is 35.0. The lowest BCUT2D eigenvalue weighted by Gasteiger charge is -2.27. The molecule has 0 saturated carbocycles. The van der Waals surface area contributed by atoms with Crippen LogP contribution in [-0.4, -0.2) is 130 Å². The fraction of sp³-hybridized carbons (Fsp3) is 0.256. The van der Waals surface area contributed by atoms with E-state index in [1.165, 1.54) is 66.2 Å². The van der Waals surface area contributed by atoms with Gasteiger partial charge < -0.3 is 24.5 Å². The van der Waals surface area contributed by atoms with Gasteiger partial charge in [0, 0.05) is 105 Å². The molecule has 0 amide bonds. The van der Waals surface area contributed by atoms with Crippen LogP contribution in [-0.2, 0) is 40.5 Å². The van der Waals surface area contributed by atoms with E-state index in [4.69, 9.17) is 0 Å². The van der Waals surface area contributed by atoms with Gasteiger partial charge in [-0.1, -0.05) is 121 Å². The third-order valence-corrected chi connectivity index (χ3v) is 29.0. The van der Waals surface area contributed by atoms with E-state index in [2.05, 4.69) is 356 Å². The molecule has 108 heavy (non-hydrogen) atoms. The molecule has 4 atom stereocenters. The first-order valence-corrected chi connectivity index (χ1v) is 41.4. The van der Waals surface area contributed by atoms with Crippen LogP contribution >= 0.6 is 14.5 Å². The van der Waals surface area contributed by atoms with Gasteiger partial charge in [0.05, 0.1) is 102 Å². The van der Waals surface area contributed by atoms with Crippen molar-refractivity contribution in [3.05, 3.63) is 303 Å². The molecule has 0 N–H and O–H groups in total. The minimum Gasteiger partial charge on any atom is -0.359 e. The zero-order valence-corrected chi connectivity index (χ0v) is 66.9. The number of aryl methyl sites for hydroxylation is 6. The molecule has 17 rings (SSSR count). The van der Waals surface area contributed by atoms with Gasteiger partial charge in [-0.15, -0.1) is 0 Å². The van der Waals surface area contributed by atoms with Crippen LogP contribution in [0.3, 0.4) is 0 Å².